The lowest BCUT2D eigenvalue weighted by atomic mass is 9.97. The highest BCUT2D eigenvalue weighted by molar-refractivity contribution is 5.70. The molecule has 0 radical (unpaired) electrons. The third-order valence-corrected chi connectivity index (χ3v) is 10.8. The van der Waals surface area contributed by atoms with Crippen LogP contribution in [0.3, 0.4) is 0 Å². The van der Waals surface area contributed by atoms with Gasteiger partial charge in [0.2, 0.25) is 23.4 Å². The molecule has 4 aromatic heterocycles. The summed E-state index contributed by atoms with van der Waals surface area (Å²) in [6.07, 6.45) is 9.47. The van der Waals surface area contributed by atoms with Gasteiger partial charge in [0.05, 0.1) is 20.1 Å². The van der Waals surface area contributed by atoms with E-state index in [1.54, 1.807) is 20.3 Å². The van der Waals surface area contributed by atoms with Crippen LogP contribution in [0.15, 0.2) is 45.4 Å². The third-order valence-electron chi connectivity index (χ3n) is 10.8. The van der Waals surface area contributed by atoms with Crippen LogP contribution in [0.4, 0.5) is 0 Å². The van der Waals surface area contributed by atoms with E-state index in [2.05, 4.69) is 10.3 Å². The molecule has 7 rings (SSSR count). The van der Waals surface area contributed by atoms with Gasteiger partial charge >= 0.3 is 5.97 Å². The molecule has 4 heterocycles. The van der Waals surface area contributed by atoms with Crippen molar-refractivity contribution >= 4 is 5.97 Å². The summed E-state index contributed by atoms with van der Waals surface area (Å²) < 4.78 is 29.4. The molecule has 2 unspecified atom stereocenters. The zero-order valence-electron chi connectivity index (χ0n) is 31.6. The average Bonchev–Trinajstić information content (AvgIpc) is 4.04. The summed E-state index contributed by atoms with van der Waals surface area (Å²) in [5.41, 5.74) is 5.87. The summed E-state index contributed by atoms with van der Waals surface area (Å²) in [5, 5.41) is 18.7. The Morgan fingerprint density at radius 3 is 1.89 bits per heavy atom. The van der Waals surface area contributed by atoms with Gasteiger partial charge in [0.25, 0.3) is 11.8 Å². The number of aryl methyl sites for hydroxylation is 2. The molecule has 2 aliphatic carbocycles. The van der Waals surface area contributed by atoms with Crippen molar-refractivity contribution < 1.29 is 33.2 Å². The van der Waals surface area contributed by atoms with Crippen molar-refractivity contribution in [3.8, 4) is 51.8 Å². The van der Waals surface area contributed by atoms with E-state index in [9.17, 15) is 9.90 Å². The standard InChI is InChI=1S/C41H48N6O7/c1-6-24-17-28(37-44-39(53-46-37)29-18-31(26-12-8-9-13-26)42-34(21-29)50-4)16-23(3)36(24)52-33(20-25(7-2)41(48)49)38-45-40(54-47-38)30-19-32(27-14-10-11-15-27)43-35(22-30)51-5/h16-19,21-22,25-27,33H,6-15,20H2,1-5H3,(H,48,49). The molecule has 2 fully saturated rings. The molecule has 54 heavy (non-hydrogen) atoms. The predicted octanol–water partition coefficient (Wildman–Crippen LogP) is 9.07. The fourth-order valence-electron chi connectivity index (χ4n) is 7.77. The number of carbonyl (C=O) groups is 1. The van der Waals surface area contributed by atoms with Crippen LogP contribution < -0.4 is 14.2 Å². The molecule has 5 aromatic rings. The number of rotatable bonds is 15. The zero-order chi connectivity index (χ0) is 37.8. The van der Waals surface area contributed by atoms with Gasteiger partial charge in [0.15, 0.2) is 6.10 Å². The Morgan fingerprint density at radius 1 is 0.778 bits per heavy atom. The molecule has 0 spiro atoms. The van der Waals surface area contributed by atoms with Crippen LogP contribution in [-0.4, -0.2) is 55.5 Å². The monoisotopic (exact) mass is 736 g/mol. The average molecular weight is 737 g/mol. The van der Waals surface area contributed by atoms with Crippen LogP contribution in [0, 0.1) is 12.8 Å². The van der Waals surface area contributed by atoms with Gasteiger partial charge in [-0.3, -0.25) is 4.79 Å². The molecule has 13 heteroatoms. The van der Waals surface area contributed by atoms with Crippen molar-refractivity contribution in [2.45, 2.75) is 109 Å². The number of hydrogen-bond acceptors (Lipinski definition) is 12. The molecule has 13 nitrogen and oxygen atoms in total. The predicted molar refractivity (Wildman–Crippen MR) is 200 cm³/mol. The Morgan fingerprint density at radius 2 is 1.35 bits per heavy atom. The van der Waals surface area contributed by atoms with Gasteiger partial charge in [-0.05, 0) is 80.8 Å². The van der Waals surface area contributed by atoms with Crippen LogP contribution in [0.1, 0.15) is 124 Å². The quantitative estimate of drug-likeness (QED) is 0.108. The number of aliphatic carboxylic acids is 1. The molecular formula is C41H48N6O7. The Hall–Kier alpha value is -5.33. The fraction of sp³-hybridized carbons (Fsp3) is 0.488. The molecule has 0 amide bonds. The number of nitrogens with zero attached hydrogens (tertiary/aromatic N) is 6. The Bertz CT molecular complexity index is 2080. The van der Waals surface area contributed by atoms with Gasteiger partial charge < -0.3 is 28.4 Å². The highest BCUT2D eigenvalue weighted by Gasteiger charge is 2.30. The number of ether oxygens (including phenoxy) is 3. The van der Waals surface area contributed by atoms with E-state index in [0.717, 1.165) is 59.3 Å². The lowest BCUT2D eigenvalue weighted by molar-refractivity contribution is -0.142. The lowest BCUT2D eigenvalue weighted by Gasteiger charge is -2.22. The van der Waals surface area contributed by atoms with Crippen molar-refractivity contribution in [2.75, 3.05) is 14.2 Å². The van der Waals surface area contributed by atoms with Gasteiger partial charge in [-0.15, -0.1) is 0 Å². The molecule has 2 aliphatic rings. The maximum atomic E-state index is 12.3. The van der Waals surface area contributed by atoms with Gasteiger partial charge in [-0.1, -0.05) is 49.8 Å². The van der Waals surface area contributed by atoms with Crippen molar-refractivity contribution in [2.24, 2.45) is 5.92 Å². The summed E-state index contributed by atoms with van der Waals surface area (Å²) in [7, 11) is 3.20. The van der Waals surface area contributed by atoms with Crippen molar-refractivity contribution in [1.82, 2.24) is 30.2 Å². The summed E-state index contributed by atoms with van der Waals surface area (Å²) in [4.78, 5) is 31.2. The second-order valence-electron chi connectivity index (χ2n) is 14.4. The van der Waals surface area contributed by atoms with Gasteiger partial charge in [-0.2, -0.15) is 9.97 Å². The number of pyridine rings is 2. The number of carboxylic acids is 1. The summed E-state index contributed by atoms with van der Waals surface area (Å²) >= 11 is 0. The molecule has 2 saturated carbocycles. The van der Waals surface area contributed by atoms with E-state index in [1.807, 2.05) is 51.1 Å². The first-order chi connectivity index (χ1) is 26.3. The second kappa shape index (κ2) is 16.4. The minimum absolute atomic E-state index is 0.147. The lowest BCUT2D eigenvalue weighted by Crippen LogP contribution is -2.21. The zero-order valence-corrected chi connectivity index (χ0v) is 31.6. The number of methoxy groups -OCH3 is 2. The molecule has 1 N–H and O–H groups in total. The Labute approximate surface area is 314 Å². The van der Waals surface area contributed by atoms with E-state index < -0.39 is 18.0 Å². The Balaban J connectivity index is 1.19. The first-order valence-electron chi connectivity index (χ1n) is 19.1. The molecule has 284 valence electrons. The first-order valence-corrected chi connectivity index (χ1v) is 19.1. The van der Waals surface area contributed by atoms with E-state index in [4.69, 9.17) is 43.2 Å². The fourth-order valence-corrected chi connectivity index (χ4v) is 7.77. The highest BCUT2D eigenvalue weighted by Crippen LogP contribution is 2.40. The van der Waals surface area contributed by atoms with Crippen molar-refractivity contribution in [3.63, 3.8) is 0 Å². The molecule has 0 saturated heterocycles. The summed E-state index contributed by atoms with van der Waals surface area (Å²) in [5.74, 6) is 2.15. The Kier molecular flexibility index (Phi) is 11.2. The minimum Gasteiger partial charge on any atom is -0.482 e. The van der Waals surface area contributed by atoms with Gasteiger partial charge in [0, 0.05) is 58.5 Å². The van der Waals surface area contributed by atoms with E-state index in [-0.39, 0.29) is 12.2 Å². The normalized spacial score (nSPS) is 16.1. The number of aromatic nitrogens is 6. The van der Waals surface area contributed by atoms with Crippen LogP contribution in [0.5, 0.6) is 17.5 Å². The SMILES string of the molecule is CCc1cc(-c2noc(-c3cc(OC)nc(C4CCCC4)c3)n2)cc(C)c1OC(CC(CC)C(=O)O)c1noc(-c2cc(OC)nc(C3CCCC3)c2)n1. The summed E-state index contributed by atoms with van der Waals surface area (Å²) in [6.45, 7) is 5.83. The largest absolute Gasteiger partial charge is 0.482 e. The van der Waals surface area contributed by atoms with Crippen LogP contribution >= 0.6 is 0 Å². The van der Waals surface area contributed by atoms with E-state index >= 15 is 0 Å². The van der Waals surface area contributed by atoms with E-state index in [0.29, 0.717) is 65.4 Å². The van der Waals surface area contributed by atoms with Gasteiger partial charge in [0.1, 0.15) is 5.75 Å². The summed E-state index contributed by atoms with van der Waals surface area (Å²) in [6, 6.07) is 11.5. The third kappa shape index (κ3) is 7.95. The molecule has 2 atom stereocenters. The highest BCUT2D eigenvalue weighted by atomic mass is 16.5. The van der Waals surface area contributed by atoms with E-state index in [1.165, 1.54) is 25.7 Å². The first kappa shape index (κ1) is 37.0. The van der Waals surface area contributed by atoms with Crippen LogP contribution in [-0.2, 0) is 11.2 Å². The minimum atomic E-state index is -0.909. The van der Waals surface area contributed by atoms with Crippen molar-refractivity contribution in [1.29, 1.82) is 0 Å². The molecule has 0 aliphatic heterocycles. The molecule has 0 bridgehead atoms. The number of hydrogen-bond donors (Lipinski definition) is 1. The molecule has 1 aromatic carbocycles. The maximum Gasteiger partial charge on any atom is 0.306 e. The topological polar surface area (TPSA) is 169 Å². The smallest absolute Gasteiger partial charge is 0.306 e. The van der Waals surface area contributed by atoms with Crippen LogP contribution in [0.25, 0.3) is 34.3 Å². The second-order valence-corrected chi connectivity index (χ2v) is 14.4. The number of carboxylic acid groups (broad SMARTS) is 1. The van der Waals surface area contributed by atoms with Crippen molar-refractivity contribution in [3.05, 3.63) is 64.7 Å². The van der Waals surface area contributed by atoms with Gasteiger partial charge in [-0.25, -0.2) is 9.97 Å². The van der Waals surface area contributed by atoms with Crippen LogP contribution in [0.2, 0.25) is 0 Å². The molecular weight excluding hydrogens is 688 g/mol. The number of benzene rings is 1. The maximum absolute atomic E-state index is 12.3.